The molecular weight excluding hydrogens is 247 g/mol. The van der Waals surface area contributed by atoms with Gasteiger partial charge in [0, 0.05) is 6.20 Å². The van der Waals surface area contributed by atoms with Crippen LogP contribution in [0.3, 0.4) is 0 Å². The Labute approximate surface area is 102 Å². The standard InChI is InChI=1S/C12H12F3NO2/c1-4-18-11(17)9-7(2)5-6-16-10(9)8(3)12(13,14)15/h5-6H,3-4H2,1-2H3. The summed E-state index contributed by atoms with van der Waals surface area (Å²) in [5, 5.41) is 0. The van der Waals surface area contributed by atoms with Crippen molar-refractivity contribution in [1.82, 2.24) is 4.98 Å². The number of carbonyl (C=O) groups excluding carboxylic acids is 1. The molecule has 1 aromatic rings. The van der Waals surface area contributed by atoms with Gasteiger partial charge in [-0.15, -0.1) is 0 Å². The zero-order valence-corrected chi connectivity index (χ0v) is 9.97. The van der Waals surface area contributed by atoms with Crippen LogP contribution in [0.5, 0.6) is 0 Å². The van der Waals surface area contributed by atoms with E-state index >= 15 is 0 Å². The number of hydrogen-bond acceptors (Lipinski definition) is 3. The van der Waals surface area contributed by atoms with Crippen molar-refractivity contribution in [3.63, 3.8) is 0 Å². The average molecular weight is 259 g/mol. The first-order valence-electron chi connectivity index (χ1n) is 5.18. The van der Waals surface area contributed by atoms with Gasteiger partial charge in [0.15, 0.2) is 0 Å². The van der Waals surface area contributed by atoms with Crippen LogP contribution < -0.4 is 0 Å². The maximum atomic E-state index is 12.6. The smallest absolute Gasteiger partial charge is 0.417 e. The molecule has 0 aliphatic heterocycles. The maximum absolute atomic E-state index is 12.6. The minimum Gasteiger partial charge on any atom is -0.462 e. The summed E-state index contributed by atoms with van der Waals surface area (Å²) < 4.78 is 42.5. The fourth-order valence-electron chi connectivity index (χ4n) is 1.38. The van der Waals surface area contributed by atoms with Crippen molar-refractivity contribution in [3.8, 4) is 0 Å². The van der Waals surface area contributed by atoms with Gasteiger partial charge in [0.2, 0.25) is 0 Å². The SMILES string of the molecule is C=C(c1nccc(C)c1C(=O)OCC)C(F)(F)F. The van der Waals surface area contributed by atoms with Gasteiger partial charge in [-0.1, -0.05) is 6.58 Å². The Morgan fingerprint density at radius 2 is 2.11 bits per heavy atom. The predicted octanol–water partition coefficient (Wildman–Crippen LogP) is 3.14. The third-order valence-electron chi connectivity index (χ3n) is 2.27. The lowest BCUT2D eigenvalue weighted by molar-refractivity contribution is -0.0689. The molecule has 1 aromatic heterocycles. The minimum atomic E-state index is -4.64. The fraction of sp³-hybridized carbons (Fsp3) is 0.333. The summed E-state index contributed by atoms with van der Waals surface area (Å²) in [5.74, 6) is -0.830. The second-order valence-electron chi connectivity index (χ2n) is 3.55. The van der Waals surface area contributed by atoms with Crippen molar-refractivity contribution in [2.24, 2.45) is 0 Å². The van der Waals surface area contributed by atoms with Gasteiger partial charge in [0.05, 0.1) is 23.4 Å². The summed E-state index contributed by atoms with van der Waals surface area (Å²) in [6.07, 6.45) is -3.44. The van der Waals surface area contributed by atoms with Crippen LogP contribution in [0.15, 0.2) is 18.8 Å². The molecule has 0 aliphatic carbocycles. The molecule has 0 fully saturated rings. The molecule has 0 spiro atoms. The highest BCUT2D eigenvalue weighted by Gasteiger charge is 2.36. The number of carbonyl (C=O) groups is 1. The lowest BCUT2D eigenvalue weighted by Gasteiger charge is -2.14. The van der Waals surface area contributed by atoms with Crippen molar-refractivity contribution in [3.05, 3.63) is 35.7 Å². The zero-order chi connectivity index (χ0) is 13.9. The van der Waals surface area contributed by atoms with E-state index in [2.05, 4.69) is 11.6 Å². The molecule has 0 radical (unpaired) electrons. The van der Waals surface area contributed by atoms with Crippen molar-refractivity contribution in [2.75, 3.05) is 6.61 Å². The van der Waals surface area contributed by atoms with Gasteiger partial charge in [-0.3, -0.25) is 4.98 Å². The van der Waals surface area contributed by atoms with E-state index in [-0.39, 0.29) is 12.2 Å². The van der Waals surface area contributed by atoms with E-state index in [9.17, 15) is 18.0 Å². The number of ether oxygens (including phenoxy) is 1. The Kier molecular flexibility index (Phi) is 4.11. The molecule has 0 N–H and O–H groups in total. The largest absolute Gasteiger partial charge is 0.462 e. The minimum absolute atomic E-state index is 0.0745. The number of aromatic nitrogens is 1. The topological polar surface area (TPSA) is 39.2 Å². The highest BCUT2D eigenvalue weighted by Crippen LogP contribution is 2.33. The second kappa shape index (κ2) is 5.20. The monoisotopic (exact) mass is 259 g/mol. The average Bonchev–Trinajstić information content (AvgIpc) is 2.26. The van der Waals surface area contributed by atoms with Gasteiger partial charge in [-0.25, -0.2) is 4.79 Å². The van der Waals surface area contributed by atoms with Gasteiger partial charge < -0.3 is 4.74 Å². The molecule has 0 saturated carbocycles. The Morgan fingerprint density at radius 1 is 1.50 bits per heavy atom. The van der Waals surface area contributed by atoms with E-state index in [1.54, 1.807) is 6.92 Å². The summed E-state index contributed by atoms with van der Waals surface area (Å²) in [7, 11) is 0. The fourth-order valence-corrected chi connectivity index (χ4v) is 1.38. The molecule has 1 rings (SSSR count). The molecule has 98 valence electrons. The number of rotatable bonds is 3. The summed E-state index contributed by atoms with van der Waals surface area (Å²) in [6, 6.07) is 1.44. The van der Waals surface area contributed by atoms with Crippen molar-refractivity contribution in [2.45, 2.75) is 20.0 Å². The van der Waals surface area contributed by atoms with Gasteiger partial charge in [-0.2, -0.15) is 13.2 Å². The number of alkyl halides is 3. The van der Waals surface area contributed by atoms with Crippen LogP contribution in [0.2, 0.25) is 0 Å². The molecule has 0 aliphatic rings. The molecule has 0 saturated heterocycles. The van der Waals surface area contributed by atoms with Gasteiger partial charge in [0.25, 0.3) is 0 Å². The lowest BCUT2D eigenvalue weighted by atomic mass is 10.0. The number of aryl methyl sites for hydroxylation is 1. The first-order chi connectivity index (χ1) is 8.29. The molecule has 0 atom stereocenters. The molecule has 3 nitrogen and oxygen atoms in total. The Balaban J connectivity index is 3.33. The molecule has 0 amide bonds. The Hall–Kier alpha value is -1.85. The first kappa shape index (κ1) is 14.2. The number of allylic oxidation sites excluding steroid dienone is 1. The van der Waals surface area contributed by atoms with Crippen molar-refractivity contribution in [1.29, 1.82) is 0 Å². The highest BCUT2D eigenvalue weighted by atomic mass is 19.4. The van der Waals surface area contributed by atoms with E-state index in [0.717, 1.165) is 0 Å². The van der Waals surface area contributed by atoms with Crippen molar-refractivity contribution < 1.29 is 22.7 Å². The van der Waals surface area contributed by atoms with Crippen LogP contribution in [-0.2, 0) is 4.74 Å². The maximum Gasteiger partial charge on any atom is 0.417 e. The van der Waals surface area contributed by atoms with E-state index in [1.165, 1.54) is 19.2 Å². The summed E-state index contributed by atoms with van der Waals surface area (Å²) in [6.45, 7) is 6.11. The Morgan fingerprint density at radius 3 is 2.61 bits per heavy atom. The predicted molar refractivity (Wildman–Crippen MR) is 60.0 cm³/mol. The van der Waals surface area contributed by atoms with Gasteiger partial charge in [-0.05, 0) is 25.5 Å². The van der Waals surface area contributed by atoms with Crippen LogP contribution >= 0.6 is 0 Å². The van der Waals surface area contributed by atoms with Crippen LogP contribution in [0.4, 0.5) is 13.2 Å². The van der Waals surface area contributed by atoms with E-state index in [4.69, 9.17) is 4.74 Å². The van der Waals surface area contributed by atoms with Crippen LogP contribution in [-0.4, -0.2) is 23.7 Å². The molecule has 0 unspecified atom stereocenters. The third kappa shape index (κ3) is 2.88. The molecular formula is C12H12F3NO2. The number of hydrogen-bond donors (Lipinski definition) is 0. The molecule has 0 bridgehead atoms. The number of halogens is 3. The molecule has 18 heavy (non-hydrogen) atoms. The third-order valence-corrected chi connectivity index (χ3v) is 2.27. The number of esters is 1. The van der Waals surface area contributed by atoms with Crippen LogP contribution in [0.25, 0.3) is 5.57 Å². The molecule has 1 heterocycles. The highest BCUT2D eigenvalue weighted by molar-refractivity contribution is 5.96. The number of pyridine rings is 1. The summed E-state index contributed by atoms with van der Waals surface area (Å²) >= 11 is 0. The summed E-state index contributed by atoms with van der Waals surface area (Å²) in [5.41, 5.74) is -1.47. The van der Waals surface area contributed by atoms with Gasteiger partial charge in [0.1, 0.15) is 0 Å². The molecule has 0 aromatic carbocycles. The van der Waals surface area contributed by atoms with Crippen LogP contribution in [0, 0.1) is 6.92 Å². The normalized spacial score (nSPS) is 11.2. The van der Waals surface area contributed by atoms with Crippen molar-refractivity contribution >= 4 is 11.5 Å². The lowest BCUT2D eigenvalue weighted by Crippen LogP contribution is -2.17. The quantitative estimate of drug-likeness (QED) is 0.783. The second-order valence-corrected chi connectivity index (χ2v) is 3.55. The number of nitrogens with zero attached hydrogens (tertiary/aromatic N) is 1. The van der Waals surface area contributed by atoms with E-state index in [1.807, 2.05) is 0 Å². The first-order valence-corrected chi connectivity index (χ1v) is 5.18. The summed E-state index contributed by atoms with van der Waals surface area (Å²) in [4.78, 5) is 15.2. The van der Waals surface area contributed by atoms with Gasteiger partial charge >= 0.3 is 12.1 Å². The van der Waals surface area contributed by atoms with E-state index < -0.39 is 23.4 Å². The van der Waals surface area contributed by atoms with Crippen LogP contribution in [0.1, 0.15) is 28.5 Å². The zero-order valence-electron chi connectivity index (χ0n) is 9.97. The molecule has 6 heteroatoms. The Bertz CT molecular complexity index is 481. The van der Waals surface area contributed by atoms with E-state index in [0.29, 0.717) is 5.56 Å².